The number of nitrogens with one attached hydrogen (secondary N) is 1. The van der Waals surface area contributed by atoms with Crippen molar-refractivity contribution in [3.05, 3.63) is 48.2 Å². The van der Waals surface area contributed by atoms with Gasteiger partial charge in [-0.3, -0.25) is 0 Å². The molecule has 0 amide bonds. The summed E-state index contributed by atoms with van der Waals surface area (Å²) in [5.41, 5.74) is 1.13. The predicted octanol–water partition coefficient (Wildman–Crippen LogP) is 3.83. The molecule has 1 heterocycles. The third-order valence-electron chi connectivity index (χ3n) is 2.98. The Bertz CT molecular complexity index is 486. The topological polar surface area (TPSA) is 28.4 Å². The van der Waals surface area contributed by atoms with Crippen molar-refractivity contribution in [3.63, 3.8) is 0 Å². The van der Waals surface area contributed by atoms with Crippen molar-refractivity contribution in [2.75, 3.05) is 27.2 Å². The number of hydrogen-bond donors (Lipinski definition) is 1. The van der Waals surface area contributed by atoms with Crippen molar-refractivity contribution < 1.29 is 4.42 Å². The van der Waals surface area contributed by atoms with E-state index in [0.29, 0.717) is 0 Å². The quantitative estimate of drug-likeness (QED) is 0.782. The molecule has 2 rings (SSSR count). The molecule has 118 valence electrons. The average Bonchev–Trinajstić information content (AvgIpc) is 2.88. The number of halogens is 2. The highest BCUT2D eigenvalue weighted by Gasteiger charge is 2.03. The van der Waals surface area contributed by atoms with Gasteiger partial charge in [-0.15, -0.1) is 24.8 Å². The number of furan rings is 1. The smallest absolute Gasteiger partial charge is 0.134 e. The van der Waals surface area contributed by atoms with Crippen LogP contribution in [-0.2, 0) is 6.54 Å². The van der Waals surface area contributed by atoms with Crippen LogP contribution in [0.3, 0.4) is 0 Å². The Morgan fingerprint density at radius 3 is 2.38 bits per heavy atom. The van der Waals surface area contributed by atoms with E-state index in [4.69, 9.17) is 4.42 Å². The summed E-state index contributed by atoms with van der Waals surface area (Å²) in [7, 11) is 4.19. The molecule has 1 aromatic heterocycles. The Morgan fingerprint density at radius 1 is 1.00 bits per heavy atom. The highest BCUT2D eigenvalue weighted by molar-refractivity contribution is 5.85. The van der Waals surface area contributed by atoms with Crippen LogP contribution < -0.4 is 5.32 Å². The monoisotopic (exact) mass is 330 g/mol. The van der Waals surface area contributed by atoms with Crippen LogP contribution in [0.2, 0.25) is 0 Å². The van der Waals surface area contributed by atoms with Crippen LogP contribution in [-0.4, -0.2) is 32.1 Å². The molecule has 0 aliphatic carbocycles. The van der Waals surface area contributed by atoms with Gasteiger partial charge in [0.15, 0.2) is 0 Å². The van der Waals surface area contributed by atoms with E-state index in [-0.39, 0.29) is 24.8 Å². The first-order chi connectivity index (χ1) is 9.25. The summed E-state index contributed by atoms with van der Waals surface area (Å²) >= 11 is 0. The molecule has 0 spiro atoms. The maximum atomic E-state index is 5.82. The number of rotatable bonds is 7. The molecule has 5 heteroatoms. The third-order valence-corrected chi connectivity index (χ3v) is 2.98. The molecule has 0 atom stereocenters. The highest BCUT2D eigenvalue weighted by atomic mass is 35.5. The first-order valence-corrected chi connectivity index (χ1v) is 6.75. The SMILES string of the molecule is CN(C)CCCNCc1ccc(-c2ccccc2)o1.Cl.Cl. The molecule has 1 aromatic carbocycles. The molecule has 1 N–H and O–H groups in total. The lowest BCUT2D eigenvalue weighted by Gasteiger charge is -2.09. The fourth-order valence-corrected chi connectivity index (χ4v) is 1.96. The summed E-state index contributed by atoms with van der Waals surface area (Å²) in [5.74, 6) is 1.93. The first-order valence-electron chi connectivity index (χ1n) is 6.75. The van der Waals surface area contributed by atoms with Gasteiger partial charge in [-0.1, -0.05) is 30.3 Å². The van der Waals surface area contributed by atoms with Gasteiger partial charge in [-0.2, -0.15) is 0 Å². The number of hydrogen-bond acceptors (Lipinski definition) is 3. The standard InChI is InChI=1S/C16H22N2O.2ClH/c1-18(2)12-6-11-17-13-15-9-10-16(19-15)14-7-4-3-5-8-14;;/h3-5,7-10,17H,6,11-13H2,1-2H3;2*1H. The maximum absolute atomic E-state index is 5.82. The second kappa shape index (κ2) is 10.7. The van der Waals surface area contributed by atoms with Crippen molar-refractivity contribution >= 4 is 24.8 Å². The van der Waals surface area contributed by atoms with Crippen molar-refractivity contribution in [1.82, 2.24) is 10.2 Å². The summed E-state index contributed by atoms with van der Waals surface area (Å²) in [6, 6.07) is 14.3. The first kappa shape index (κ1) is 20.0. The predicted molar refractivity (Wildman–Crippen MR) is 93.5 cm³/mol. The molecule has 0 unspecified atom stereocenters. The lowest BCUT2D eigenvalue weighted by atomic mass is 10.2. The zero-order chi connectivity index (χ0) is 13.5. The van der Waals surface area contributed by atoms with Gasteiger partial charge in [0.2, 0.25) is 0 Å². The second-order valence-electron chi connectivity index (χ2n) is 4.97. The summed E-state index contributed by atoms with van der Waals surface area (Å²) in [6.45, 7) is 2.92. The highest BCUT2D eigenvalue weighted by Crippen LogP contribution is 2.21. The Kier molecular flexibility index (Phi) is 10.2. The average molecular weight is 331 g/mol. The van der Waals surface area contributed by atoms with Crippen LogP contribution in [0.25, 0.3) is 11.3 Å². The molecule has 3 nitrogen and oxygen atoms in total. The number of nitrogens with zero attached hydrogens (tertiary/aromatic N) is 1. The van der Waals surface area contributed by atoms with E-state index in [1.807, 2.05) is 30.3 Å². The maximum Gasteiger partial charge on any atom is 0.134 e. The molecule has 0 saturated carbocycles. The fraction of sp³-hybridized carbons (Fsp3) is 0.375. The Labute approximate surface area is 139 Å². The van der Waals surface area contributed by atoms with Crippen molar-refractivity contribution in [3.8, 4) is 11.3 Å². The van der Waals surface area contributed by atoms with Gasteiger partial charge in [0.05, 0.1) is 6.54 Å². The van der Waals surface area contributed by atoms with Gasteiger partial charge in [0.25, 0.3) is 0 Å². The Hall–Kier alpha value is -1.000. The Balaban J connectivity index is 0.00000200. The number of benzene rings is 1. The van der Waals surface area contributed by atoms with Crippen LogP contribution in [0.5, 0.6) is 0 Å². The van der Waals surface area contributed by atoms with Crippen LogP contribution in [0.1, 0.15) is 12.2 Å². The van der Waals surface area contributed by atoms with E-state index < -0.39 is 0 Å². The van der Waals surface area contributed by atoms with Crippen LogP contribution in [0.4, 0.5) is 0 Å². The second-order valence-corrected chi connectivity index (χ2v) is 4.97. The fourth-order valence-electron chi connectivity index (χ4n) is 1.96. The normalized spacial score (nSPS) is 10.0. The molecule has 0 bridgehead atoms. The van der Waals surface area contributed by atoms with E-state index in [1.54, 1.807) is 0 Å². The largest absolute Gasteiger partial charge is 0.460 e. The summed E-state index contributed by atoms with van der Waals surface area (Å²) in [6.07, 6.45) is 1.15. The van der Waals surface area contributed by atoms with Crippen LogP contribution in [0, 0.1) is 0 Å². The van der Waals surface area contributed by atoms with Crippen LogP contribution in [0.15, 0.2) is 46.9 Å². The van der Waals surface area contributed by atoms with E-state index in [2.05, 4.69) is 36.4 Å². The summed E-state index contributed by atoms with van der Waals surface area (Å²) < 4.78 is 5.82. The van der Waals surface area contributed by atoms with Crippen LogP contribution >= 0.6 is 24.8 Å². The minimum absolute atomic E-state index is 0. The van der Waals surface area contributed by atoms with Crippen molar-refractivity contribution in [2.45, 2.75) is 13.0 Å². The minimum Gasteiger partial charge on any atom is -0.460 e. The van der Waals surface area contributed by atoms with Gasteiger partial charge < -0.3 is 14.6 Å². The molecule has 0 aliphatic rings. The molecule has 2 aromatic rings. The minimum atomic E-state index is 0. The van der Waals surface area contributed by atoms with Gasteiger partial charge in [-0.25, -0.2) is 0 Å². The van der Waals surface area contributed by atoms with E-state index in [9.17, 15) is 0 Å². The zero-order valence-electron chi connectivity index (χ0n) is 12.5. The third kappa shape index (κ3) is 7.00. The van der Waals surface area contributed by atoms with Gasteiger partial charge in [-0.05, 0) is 45.7 Å². The van der Waals surface area contributed by atoms with Crippen molar-refractivity contribution in [2.24, 2.45) is 0 Å². The van der Waals surface area contributed by atoms with Gasteiger partial charge in [0.1, 0.15) is 11.5 Å². The van der Waals surface area contributed by atoms with Gasteiger partial charge >= 0.3 is 0 Å². The van der Waals surface area contributed by atoms with Crippen molar-refractivity contribution in [1.29, 1.82) is 0 Å². The molecule has 0 saturated heterocycles. The zero-order valence-corrected chi connectivity index (χ0v) is 14.2. The summed E-state index contributed by atoms with van der Waals surface area (Å²) in [4.78, 5) is 2.20. The molecule has 21 heavy (non-hydrogen) atoms. The molecule has 0 aliphatic heterocycles. The molecular formula is C16H24Cl2N2O. The van der Waals surface area contributed by atoms with E-state index in [1.165, 1.54) is 0 Å². The van der Waals surface area contributed by atoms with Gasteiger partial charge in [0, 0.05) is 5.56 Å². The molecular weight excluding hydrogens is 307 g/mol. The molecule has 0 radical (unpaired) electrons. The molecule has 0 fully saturated rings. The lowest BCUT2D eigenvalue weighted by molar-refractivity contribution is 0.391. The lowest BCUT2D eigenvalue weighted by Crippen LogP contribution is -2.20. The van der Waals surface area contributed by atoms with E-state index >= 15 is 0 Å². The summed E-state index contributed by atoms with van der Waals surface area (Å²) in [5, 5.41) is 3.40. The Morgan fingerprint density at radius 2 is 1.71 bits per heavy atom. The van der Waals surface area contributed by atoms with E-state index in [0.717, 1.165) is 43.1 Å².